The van der Waals surface area contributed by atoms with E-state index in [1.807, 2.05) is 0 Å². The molecule has 2 aromatic rings. The Bertz CT molecular complexity index is 657. The molecule has 2 unspecified atom stereocenters. The summed E-state index contributed by atoms with van der Waals surface area (Å²) < 4.78 is 10.4. The normalized spacial score (nSPS) is 21.8. The van der Waals surface area contributed by atoms with Gasteiger partial charge in [-0.3, -0.25) is 10.1 Å². The van der Waals surface area contributed by atoms with Gasteiger partial charge in [0.1, 0.15) is 0 Å². The fourth-order valence-corrected chi connectivity index (χ4v) is 2.93. The topological polar surface area (TPSA) is 117 Å². The predicted octanol–water partition coefficient (Wildman–Crippen LogP) is 1.88. The molecule has 1 fully saturated rings. The molecule has 1 heterocycles. The second-order valence-corrected chi connectivity index (χ2v) is 5.30. The molecule has 2 N–H and O–H groups in total. The van der Waals surface area contributed by atoms with Crippen molar-refractivity contribution in [2.24, 2.45) is 17.6 Å². The van der Waals surface area contributed by atoms with Crippen molar-refractivity contribution in [3.8, 4) is 5.75 Å². The van der Waals surface area contributed by atoms with E-state index in [-0.39, 0.29) is 16.7 Å². The van der Waals surface area contributed by atoms with Crippen molar-refractivity contribution in [3.63, 3.8) is 0 Å². The van der Waals surface area contributed by atoms with Crippen LogP contribution in [0.2, 0.25) is 0 Å². The molecule has 2 atom stereocenters. The summed E-state index contributed by atoms with van der Waals surface area (Å²) in [6.45, 7) is 1.19. The second kappa shape index (κ2) is 5.65. The molecule has 0 bridgehead atoms. The van der Waals surface area contributed by atoms with Crippen LogP contribution in [-0.4, -0.2) is 28.4 Å². The summed E-state index contributed by atoms with van der Waals surface area (Å²) in [7, 11) is 0. The van der Waals surface area contributed by atoms with Gasteiger partial charge in [-0.05, 0) is 47.6 Å². The largest absolute Gasteiger partial charge is 0.491 e. The van der Waals surface area contributed by atoms with Crippen LogP contribution in [0.25, 0.3) is 11.0 Å². The third-order valence-corrected chi connectivity index (χ3v) is 4.13. The number of nitro groups is 1. The number of nitrogens with zero attached hydrogens (tertiary/aromatic N) is 3. The van der Waals surface area contributed by atoms with E-state index in [0.29, 0.717) is 30.7 Å². The Balaban J connectivity index is 1.80. The number of ether oxygens (including phenoxy) is 1. The summed E-state index contributed by atoms with van der Waals surface area (Å²) in [6.07, 6.45) is 3.39. The van der Waals surface area contributed by atoms with Crippen LogP contribution in [0.4, 0.5) is 5.69 Å². The van der Waals surface area contributed by atoms with Crippen LogP contribution in [0.3, 0.4) is 0 Å². The molecule has 0 spiro atoms. The molecule has 1 aromatic carbocycles. The van der Waals surface area contributed by atoms with Gasteiger partial charge < -0.3 is 10.5 Å². The number of nitrogens with two attached hydrogens (primary N) is 1. The van der Waals surface area contributed by atoms with E-state index >= 15 is 0 Å². The number of nitro benzene ring substituents is 1. The third-order valence-electron chi connectivity index (χ3n) is 4.13. The van der Waals surface area contributed by atoms with E-state index in [0.717, 1.165) is 19.3 Å². The van der Waals surface area contributed by atoms with Gasteiger partial charge in [0.15, 0.2) is 11.3 Å². The van der Waals surface area contributed by atoms with Crippen LogP contribution in [0, 0.1) is 22.0 Å². The van der Waals surface area contributed by atoms with Gasteiger partial charge in [0.2, 0.25) is 5.52 Å². The highest BCUT2D eigenvalue weighted by molar-refractivity contribution is 5.88. The van der Waals surface area contributed by atoms with E-state index in [9.17, 15) is 10.1 Å². The molecule has 3 rings (SSSR count). The molecular weight excluding hydrogens is 276 g/mol. The summed E-state index contributed by atoms with van der Waals surface area (Å²) in [5.74, 6) is 1.36. The van der Waals surface area contributed by atoms with Crippen molar-refractivity contribution in [1.29, 1.82) is 0 Å². The summed E-state index contributed by atoms with van der Waals surface area (Å²) >= 11 is 0. The first kappa shape index (κ1) is 13.7. The Morgan fingerprint density at radius 3 is 2.86 bits per heavy atom. The van der Waals surface area contributed by atoms with Gasteiger partial charge in [-0.25, -0.2) is 4.63 Å². The lowest BCUT2D eigenvalue weighted by atomic mass is 9.97. The zero-order valence-corrected chi connectivity index (χ0v) is 11.4. The molecule has 21 heavy (non-hydrogen) atoms. The van der Waals surface area contributed by atoms with Gasteiger partial charge >= 0.3 is 5.69 Å². The van der Waals surface area contributed by atoms with E-state index in [1.54, 1.807) is 0 Å². The van der Waals surface area contributed by atoms with Gasteiger partial charge in [0, 0.05) is 6.07 Å². The number of non-ortho nitro benzene ring substituents is 1. The number of hydrogen-bond donors (Lipinski definition) is 1. The molecule has 1 saturated carbocycles. The molecule has 0 amide bonds. The Morgan fingerprint density at radius 1 is 1.33 bits per heavy atom. The van der Waals surface area contributed by atoms with Gasteiger partial charge in [0.05, 0.1) is 11.5 Å². The minimum Gasteiger partial charge on any atom is -0.491 e. The maximum Gasteiger partial charge on any atom is 0.301 e. The van der Waals surface area contributed by atoms with E-state index in [4.69, 9.17) is 10.5 Å². The third kappa shape index (κ3) is 2.54. The van der Waals surface area contributed by atoms with Crippen molar-refractivity contribution in [1.82, 2.24) is 10.3 Å². The highest BCUT2D eigenvalue weighted by atomic mass is 16.6. The van der Waals surface area contributed by atoms with E-state index in [2.05, 4.69) is 14.9 Å². The zero-order chi connectivity index (χ0) is 14.8. The first-order valence-corrected chi connectivity index (χ1v) is 6.93. The van der Waals surface area contributed by atoms with Crippen molar-refractivity contribution in [2.45, 2.75) is 19.3 Å². The molecule has 1 aliphatic rings. The van der Waals surface area contributed by atoms with Crippen molar-refractivity contribution < 1.29 is 14.3 Å². The molecular formula is C13H16N4O4. The van der Waals surface area contributed by atoms with Crippen LogP contribution in [0.15, 0.2) is 16.8 Å². The van der Waals surface area contributed by atoms with Gasteiger partial charge in [-0.1, -0.05) is 6.42 Å². The van der Waals surface area contributed by atoms with Crippen LogP contribution in [0.5, 0.6) is 5.75 Å². The number of aromatic nitrogens is 2. The summed E-state index contributed by atoms with van der Waals surface area (Å²) in [5.41, 5.74) is 6.01. The lowest BCUT2D eigenvalue weighted by Gasteiger charge is -2.18. The zero-order valence-electron chi connectivity index (χ0n) is 11.4. The minimum atomic E-state index is -0.516. The first-order chi connectivity index (χ1) is 10.2. The molecule has 1 aromatic heterocycles. The Hall–Kier alpha value is -2.22. The van der Waals surface area contributed by atoms with Crippen LogP contribution in [0.1, 0.15) is 19.3 Å². The highest BCUT2D eigenvalue weighted by Gasteiger charge is 2.27. The van der Waals surface area contributed by atoms with Crippen LogP contribution >= 0.6 is 0 Å². The Labute approximate surface area is 120 Å². The maximum absolute atomic E-state index is 10.9. The standard InChI is InChI=1S/C13H16N4O4/c14-6-8-2-1-3-9(8)7-20-11-5-4-10(17(18)19)12-13(11)16-21-15-12/h4-5,8-9H,1-3,6-7,14H2. The minimum absolute atomic E-state index is 0.110. The SMILES string of the molecule is NCC1CCCC1COc1ccc([N+](=O)[O-])c2nonc12. The first-order valence-electron chi connectivity index (χ1n) is 6.93. The Kier molecular flexibility index (Phi) is 3.70. The maximum atomic E-state index is 10.9. The number of fused-ring (bicyclic) bond motifs is 1. The molecule has 0 saturated heterocycles. The molecule has 8 nitrogen and oxygen atoms in total. The van der Waals surface area contributed by atoms with E-state index in [1.165, 1.54) is 12.1 Å². The Morgan fingerprint density at radius 2 is 2.10 bits per heavy atom. The van der Waals surface area contributed by atoms with E-state index < -0.39 is 4.92 Å². The molecule has 8 heteroatoms. The summed E-state index contributed by atoms with van der Waals surface area (Å²) in [5, 5.41) is 18.2. The average Bonchev–Trinajstić information content (AvgIpc) is 3.12. The lowest BCUT2D eigenvalue weighted by molar-refractivity contribution is -0.383. The van der Waals surface area contributed by atoms with Gasteiger partial charge in [-0.2, -0.15) is 0 Å². The van der Waals surface area contributed by atoms with Gasteiger partial charge in [-0.15, -0.1) is 0 Å². The summed E-state index contributed by atoms with van der Waals surface area (Å²) in [6, 6.07) is 2.90. The smallest absolute Gasteiger partial charge is 0.301 e. The quantitative estimate of drug-likeness (QED) is 0.660. The summed E-state index contributed by atoms with van der Waals surface area (Å²) in [4.78, 5) is 10.4. The lowest BCUT2D eigenvalue weighted by Crippen LogP contribution is -2.23. The highest BCUT2D eigenvalue weighted by Crippen LogP contribution is 2.34. The van der Waals surface area contributed by atoms with Crippen molar-refractivity contribution in [3.05, 3.63) is 22.2 Å². The number of rotatable bonds is 5. The molecule has 0 aliphatic heterocycles. The molecule has 0 radical (unpaired) electrons. The van der Waals surface area contributed by atoms with Crippen LogP contribution < -0.4 is 10.5 Å². The fraction of sp³-hybridized carbons (Fsp3) is 0.538. The molecule has 112 valence electrons. The average molecular weight is 292 g/mol. The molecule has 1 aliphatic carbocycles. The predicted molar refractivity (Wildman–Crippen MR) is 73.8 cm³/mol. The monoisotopic (exact) mass is 292 g/mol. The number of hydrogen-bond acceptors (Lipinski definition) is 7. The second-order valence-electron chi connectivity index (χ2n) is 5.30. The van der Waals surface area contributed by atoms with Crippen LogP contribution in [-0.2, 0) is 0 Å². The van der Waals surface area contributed by atoms with Crippen molar-refractivity contribution >= 4 is 16.7 Å². The van der Waals surface area contributed by atoms with Crippen molar-refractivity contribution in [2.75, 3.05) is 13.2 Å². The number of benzene rings is 1. The fourth-order valence-electron chi connectivity index (χ4n) is 2.93. The van der Waals surface area contributed by atoms with Gasteiger partial charge in [0.25, 0.3) is 0 Å².